The highest BCUT2D eigenvalue weighted by atomic mass is 16.6. The third-order valence-electron chi connectivity index (χ3n) is 9.23. The number of esters is 1. The quantitative estimate of drug-likeness (QED) is 0.116. The minimum atomic E-state index is -1.15. The molecule has 3 N–H and O–H groups in total. The predicted molar refractivity (Wildman–Crippen MR) is 177 cm³/mol. The minimum Gasteiger partial charge on any atom is -0.457 e. The van der Waals surface area contributed by atoms with Crippen molar-refractivity contribution in [3.8, 4) is 0 Å². The van der Waals surface area contributed by atoms with Crippen LogP contribution in [-0.2, 0) is 23.7 Å². The zero-order chi connectivity index (χ0) is 34.8. The minimum absolute atomic E-state index is 0.00498. The molecule has 46 heavy (non-hydrogen) atoms. The molecule has 11 heteroatoms. The summed E-state index contributed by atoms with van der Waals surface area (Å²) in [6.07, 6.45) is 6.75. The number of carbonyl (C=O) groups is 2. The van der Waals surface area contributed by atoms with Crippen molar-refractivity contribution in [2.24, 2.45) is 11.8 Å². The van der Waals surface area contributed by atoms with Crippen LogP contribution in [0.1, 0.15) is 73.6 Å². The number of rotatable bonds is 13. The summed E-state index contributed by atoms with van der Waals surface area (Å²) in [5.41, 5.74) is -1.37. The monoisotopic (exact) mass is 652 g/mol. The van der Waals surface area contributed by atoms with E-state index in [0.29, 0.717) is 32.4 Å². The van der Waals surface area contributed by atoms with Crippen LogP contribution >= 0.6 is 0 Å². The maximum atomic E-state index is 13.0. The number of hydrogen-bond donors (Lipinski definition) is 3. The molecule has 0 aromatic carbocycles. The van der Waals surface area contributed by atoms with Crippen molar-refractivity contribution in [3.63, 3.8) is 0 Å². The molecule has 1 amide bonds. The third kappa shape index (κ3) is 12.4. The van der Waals surface area contributed by atoms with Gasteiger partial charge in [-0.25, -0.2) is 4.79 Å². The average molecular weight is 653 g/mol. The molecule has 0 aliphatic carbocycles. The Morgan fingerprint density at radius 1 is 1.26 bits per heavy atom. The van der Waals surface area contributed by atoms with Crippen LogP contribution in [0, 0.1) is 11.8 Å². The van der Waals surface area contributed by atoms with Crippen LogP contribution in [-0.4, -0.2) is 126 Å². The summed E-state index contributed by atoms with van der Waals surface area (Å²) >= 11 is 0. The van der Waals surface area contributed by atoms with Crippen molar-refractivity contribution < 1.29 is 43.9 Å². The second-order valence-electron chi connectivity index (χ2n) is 13.9. The molecular formula is C35H60N2O9. The van der Waals surface area contributed by atoms with Crippen molar-refractivity contribution in [1.29, 1.82) is 0 Å². The number of amides is 1. The Morgan fingerprint density at radius 3 is 2.54 bits per heavy atom. The number of nitrogens with zero attached hydrogens (tertiary/aromatic N) is 2. The van der Waals surface area contributed by atoms with Crippen LogP contribution < -0.4 is 0 Å². The summed E-state index contributed by atoms with van der Waals surface area (Å²) in [6, 6.07) is 0. The van der Waals surface area contributed by atoms with Crippen molar-refractivity contribution in [1.82, 2.24) is 9.80 Å². The Kier molecular flexibility index (Phi) is 15.4. The SMILES string of the molecule is CC[C@H](O)C(C)C1OC1CC(C)(O)/C=C/C=C(\C)[C@H]1OC(=O)CC(O)CCC(C)(OC)[C@@H](OC(=O)N(C)CCN(C)C)/C=C/C1C. The van der Waals surface area contributed by atoms with E-state index in [2.05, 4.69) is 0 Å². The number of epoxide rings is 1. The van der Waals surface area contributed by atoms with E-state index in [0.717, 1.165) is 5.57 Å². The van der Waals surface area contributed by atoms with Crippen LogP contribution in [0.25, 0.3) is 0 Å². The van der Waals surface area contributed by atoms with Gasteiger partial charge < -0.3 is 44.1 Å². The molecule has 0 aromatic heterocycles. The van der Waals surface area contributed by atoms with Gasteiger partial charge in [-0.05, 0) is 65.8 Å². The number of aliphatic hydroxyl groups excluding tert-OH is 2. The Bertz CT molecular complexity index is 1070. The summed E-state index contributed by atoms with van der Waals surface area (Å²) in [4.78, 5) is 29.4. The van der Waals surface area contributed by atoms with Crippen molar-refractivity contribution >= 4 is 12.1 Å². The van der Waals surface area contributed by atoms with Gasteiger partial charge in [-0.1, -0.05) is 45.1 Å². The number of allylic oxidation sites excluding steroid dienone is 2. The second kappa shape index (κ2) is 17.8. The van der Waals surface area contributed by atoms with Gasteiger partial charge in [0, 0.05) is 45.5 Å². The Hall–Kier alpha value is -2.28. The average Bonchev–Trinajstić information content (AvgIpc) is 3.75. The van der Waals surface area contributed by atoms with Gasteiger partial charge >= 0.3 is 12.1 Å². The first-order valence-corrected chi connectivity index (χ1v) is 16.5. The van der Waals surface area contributed by atoms with Crippen LogP contribution in [0.5, 0.6) is 0 Å². The lowest BCUT2D eigenvalue weighted by Crippen LogP contribution is -2.46. The van der Waals surface area contributed by atoms with E-state index in [1.165, 1.54) is 4.90 Å². The van der Waals surface area contributed by atoms with Gasteiger partial charge in [0.05, 0.1) is 36.4 Å². The van der Waals surface area contributed by atoms with Gasteiger partial charge in [-0.2, -0.15) is 0 Å². The van der Waals surface area contributed by atoms with E-state index in [1.54, 1.807) is 45.4 Å². The van der Waals surface area contributed by atoms with Crippen LogP contribution in [0.4, 0.5) is 4.79 Å². The third-order valence-corrected chi connectivity index (χ3v) is 9.23. The Labute approximate surface area is 276 Å². The van der Waals surface area contributed by atoms with E-state index in [4.69, 9.17) is 18.9 Å². The summed E-state index contributed by atoms with van der Waals surface area (Å²) in [6.45, 7) is 12.3. The molecule has 7 unspecified atom stereocenters. The van der Waals surface area contributed by atoms with Gasteiger partial charge in [0.15, 0.2) is 6.10 Å². The first kappa shape index (κ1) is 39.9. The molecule has 2 heterocycles. The van der Waals surface area contributed by atoms with Gasteiger partial charge in [0.2, 0.25) is 0 Å². The van der Waals surface area contributed by atoms with Gasteiger partial charge in [-0.3, -0.25) is 4.79 Å². The first-order chi connectivity index (χ1) is 21.4. The van der Waals surface area contributed by atoms with Crippen molar-refractivity contribution in [2.45, 2.75) is 121 Å². The predicted octanol–water partition coefficient (Wildman–Crippen LogP) is 3.86. The van der Waals surface area contributed by atoms with Crippen LogP contribution in [0.2, 0.25) is 0 Å². The fourth-order valence-electron chi connectivity index (χ4n) is 5.65. The lowest BCUT2D eigenvalue weighted by atomic mass is 9.88. The molecule has 1 saturated heterocycles. The maximum Gasteiger partial charge on any atom is 0.410 e. The van der Waals surface area contributed by atoms with Gasteiger partial charge in [0.25, 0.3) is 0 Å². The zero-order valence-corrected chi connectivity index (χ0v) is 29.6. The normalized spacial score (nSPS) is 32.9. The fraction of sp³-hybridized carbons (Fsp3) is 0.771. The number of carbonyl (C=O) groups excluding carboxylic acids is 2. The molecule has 2 aliphatic heterocycles. The lowest BCUT2D eigenvalue weighted by molar-refractivity contribution is -0.151. The molecule has 0 aromatic rings. The standard InChI is InChI=1S/C35H60N2O9/c1-11-27(39)25(4)32-28(44-32)22-34(5,42)17-12-13-23(2)31-24(3)14-15-29(45-33(41)37(9)20-19-36(7)8)35(6,43-10)18-16-26(38)21-30(40)46-31/h12-15,17,24-29,31-32,38-39,42H,11,16,18-22H2,1-10H3/b15-14+,17-12+,23-13+/t24?,25?,26?,27-,28?,29-,31+,32?,34?,35?/m0/s1. The van der Waals surface area contributed by atoms with Crippen molar-refractivity contribution in [2.75, 3.05) is 41.3 Å². The number of hydrogen-bond acceptors (Lipinski definition) is 10. The Morgan fingerprint density at radius 2 is 1.93 bits per heavy atom. The molecule has 11 nitrogen and oxygen atoms in total. The van der Waals surface area contributed by atoms with Gasteiger partial charge in [-0.15, -0.1) is 0 Å². The largest absolute Gasteiger partial charge is 0.457 e. The molecule has 0 radical (unpaired) electrons. The van der Waals surface area contributed by atoms with Crippen LogP contribution in [0.15, 0.2) is 36.0 Å². The van der Waals surface area contributed by atoms with E-state index < -0.39 is 47.7 Å². The molecule has 10 atom stereocenters. The Balaban J connectivity index is 2.26. The maximum absolute atomic E-state index is 13.0. The molecule has 0 bridgehead atoms. The molecule has 0 saturated carbocycles. The van der Waals surface area contributed by atoms with E-state index in [1.807, 2.05) is 59.7 Å². The highest BCUT2D eigenvalue weighted by Gasteiger charge is 2.47. The fourth-order valence-corrected chi connectivity index (χ4v) is 5.65. The molecule has 2 aliphatic rings. The number of ether oxygens (including phenoxy) is 4. The lowest BCUT2D eigenvalue weighted by Gasteiger charge is -2.36. The number of aliphatic hydroxyl groups is 3. The number of cyclic esters (lactones) is 1. The molecule has 1 fully saturated rings. The zero-order valence-electron chi connectivity index (χ0n) is 29.6. The van der Waals surface area contributed by atoms with E-state index >= 15 is 0 Å². The topological polar surface area (TPSA) is 142 Å². The van der Waals surface area contributed by atoms with E-state index in [9.17, 15) is 24.9 Å². The highest BCUT2D eigenvalue weighted by Crippen LogP contribution is 2.37. The molecular weight excluding hydrogens is 592 g/mol. The van der Waals surface area contributed by atoms with Gasteiger partial charge in [0.1, 0.15) is 11.7 Å². The summed E-state index contributed by atoms with van der Waals surface area (Å²) in [5, 5.41) is 31.8. The molecule has 2 rings (SSSR count). The first-order valence-electron chi connectivity index (χ1n) is 16.5. The highest BCUT2D eigenvalue weighted by molar-refractivity contribution is 5.70. The van der Waals surface area contributed by atoms with Crippen LogP contribution in [0.3, 0.4) is 0 Å². The summed E-state index contributed by atoms with van der Waals surface area (Å²) < 4.78 is 23.5. The summed E-state index contributed by atoms with van der Waals surface area (Å²) in [7, 11) is 7.09. The number of likely N-dealkylation sites (N-methyl/N-ethyl adjacent to an activating group) is 2. The number of methoxy groups -OCH3 is 1. The molecule has 264 valence electrons. The second-order valence-corrected chi connectivity index (χ2v) is 13.9. The summed E-state index contributed by atoms with van der Waals surface area (Å²) in [5.74, 6) is -0.854. The van der Waals surface area contributed by atoms with Crippen molar-refractivity contribution in [3.05, 3.63) is 36.0 Å². The van der Waals surface area contributed by atoms with E-state index in [-0.39, 0.29) is 36.9 Å². The molecule has 0 spiro atoms. The smallest absolute Gasteiger partial charge is 0.410 e.